The first-order chi connectivity index (χ1) is 10.9. The van der Waals surface area contributed by atoms with Crippen LogP contribution in [0.3, 0.4) is 0 Å². The van der Waals surface area contributed by atoms with Gasteiger partial charge in [-0.1, -0.05) is 30.3 Å². The van der Waals surface area contributed by atoms with E-state index in [0.717, 1.165) is 29.3 Å². The third-order valence-electron chi connectivity index (χ3n) is 3.38. The van der Waals surface area contributed by atoms with Gasteiger partial charge >= 0.3 is 0 Å². The molecule has 0 aliphatic carbocycles. The number of nitrogens with zero attached hydrogens (tertiary/aromatic N) is 2. The number of nitrogens with one attached hydrogen (secondary N) is 1. The molecule has 0 aliphatic heterocycles. The standard InChI is InChI=1S/C17H18N4O/c18-9-8-14-11-16(20-12-19-14)21-17(15-7-4-10-22-15)13-5-2-1-3-6-13/h1-7,10-12,17H,8-9,18H2,(H,19,20,21)/t17-/m0/s1. The minimum absolute atomic E-state index is 0.100. The van der Waals surface area contributed by atoms with Gasteiger partial charge in [0.25, 0.3) is 0 Å². The zero-order valence-corrected chi connectivity index (χ0v) is 12.1. The van der Waals surface area contributed by atoms with E-state index in [2.05, 4.69) is 27.4 Å². The second kappa shape index (κ2) is 6.87. The smallest absolute Gasteiger partial charge is 0.130 e. The Morgan fingerprint density at radius 2 is 1.95 bits per heavy atom. The molecule has 2 heterocycles. The highest BCUT2D eigenvalue weighted by molar-refractivity contribution is 5.42. The molecule has 0 bridgehead atoms. The summed E-state index contributed by atoms with van der Waals surface area (Å²) < 4.78 is 5.57. The Hall–Kier alpha value is -2.66. The van der Waals surface area contributed by atoms with E-state index < -0.39 is 0 Å². The Labute approximate surface area is 129 Å². The van der Waals surface area contributed by atoms with Gasteiger partial charge in [-0.15, -0.1) is 0 Å². The van der Waals surface area contributed by atoms with E-state index in [-0.39, 0.29) is 6.04 Å². The molecule has 5 heteroatoms. The Morgan fingerprint density at radius 1 is 1.09 bits per heavy atom. The van der Waals surface area contributed by atoms with Crippen molar-refractivity contribution in [3.8, 4) is 0 Å². The molecule has 0 spiro atoms. The molecule has 112 valence electrons. The van der Waals surface area contributed by atoms with Gasteiger partial charge in [0, 0.05) is 18.2 Å². The lowest BCUT2D eigenvalue weighted by Gasteiger charge is -2.18. The average Bonchev–Trinajstić information content (AvgIpc) is 3.08. The highest BCUT2D eigenvalue weighted by atomic mass is 16.3. The van der Waals surface area contributed by atoms with Crippen LogP contribution in [-0.2, 0) is 6.42 Å². The summed E-state index contributed by atoms with van der Waals surface area (Å²) in [6.07, 6.45) is 3.96. The number of aromatic nitrogens is 2. The molecule has 0 saturated heterocycles. The number of furan rings is 1. The quantitative estimate of drug-likeness (QED) is 0.731. The lowest BCUT2D eigenvalue weighted by Crippen LogP contribution is -2.13. The highest BCUT2D eigenvalue weighted by Gasteiger charge is 2.17. The molecule has 2 aromatic heterocycles. The number of hydrogen-bond donors (Lipinski definition) is 2. The molecule has 0 fully saturated rings. The Bertz CT molecular complexity index is 698. The van der Waals surface area contributed by atoms with Gasteiger partial charge in [-0.2, -0.15) is 0 Å². The summed E-state index contributed by atoms with van der Waals surface area (Å²) in [5.74, 6) is 1.59. The number of benzene rings is 1. The van der Waals surface area contributed by atoms with E-state index in [0.29, 0.717) is 6.54 Å². The van der Waals surface area contributed by atoms with Crippen LogP contribution in [0.4, 0.5) is 5.82 Å². The van der Waals surface area contributed by atoms with Gasteiger partial charge in [-0.25, -0.2) is 9.97 Å². The summed E-state index contributed by atoms with van der Waals surface area (Å²) in [4.78, 5) is 8.51. The molecule has 0 unspecified atom stereocenters. The summed E-state index contributed by atoms with van der Waals surface area (Å²) in [7, 11) is 0. The number of rotatable bonds is 6. The molecular weight excluding hydrogens is 276 g/mol. The fourth-order valence-corrected chi connectivity index (χ4v) is 2.33. The van der Waals surface area contributed by atoms with Gasteiger partial charge in [-0.3, -0.25) is 0 Å². The lowest BCUT2D eigenvalue weighted by molar-refractivity contribution is 0.498. The Balaban J connectivity index is 1.89. The minimum Gasteiger partial charge on any atom is -0.467 e. The topological polar surface area (TPSA) is 77.0 Å². The first-order valence-corrected chi connectivity index (χ1v) is 7.22. The maximum Gasteiger partial charge on any atom is 0.130 e. The average molecular weight is 294 g/mol. The maximum atomic E-state index is 5.58. The predicted molar refractivity (Wildman–Crippen MR) is 85.4 cm³/mol. The van der Waals surface area contributed by atoms with E-state index in [1.165, 1.54) is 0 Å². The molecular formula is C17H18N4O. The zero-order valence-electron chi connectivity index (χ0n) is 12.1. The monoisotopic (exact) mass is 294 g/mol. The summed E-state index contributed by atoms with van der Waals surface area (Å²) in [6, 6.07) is 15.8. The SMILES string of the molecule is NCCc1cc(N[C@@H](c2ccccc2)c2ccco2)ncn1. The molecule has 3 rings (SSSR count). The number of nitrogens with two attached hydrogens (primary N) is 1. The van der Waals surface area contributed by atoms with Gasteiger partial charge in [0.15, 0.2) is 0 Å². The summed E-state index contributed by atoms with van der Waals surface area (Å²) in [5.41, 5.74) is 7.61. The van der Waals surface area contributed by atoms with Crippen LogP contribution in [0.15, 0.2) is 65.5 Å². The lowest BCUT2D eigenvalue weighted by atomic mass is 10.0. The van der Waals surface area contributed by atoms with Crippen molar-refractivity contribution in [1.82, 2.24) is 9.97 Å². The Morgan fingerprint density at radius 3 is 2.68 bits per heavy atom. The van der Waals surface area contributed by atoms with Gasteiger partial charge in [-0.05, 0) is 24.2 Å². The molecule has 3 N–H and O–H groups in total. The van der Waals surface area contributed by atoms with Crippen LogP contribution < -0.4 is 11.1 Å². The second-order valence-electron chi connectivity index (χ2n) is 4.94. The zero-order chi connectivity index (χ0) is 15.2. The van der Waals surface area contributed by atoms with Crippen molar-refractivity contribution in [2.75, 3.05) is 11.9 Å². The van der Waals surface area contributed by atoms with Crippen LogP contribution in [0, 0.1) is 0 Å². The molecule has 1 aromatic carbocycles. The van der Waals surface area contributed by atoms with Crippen LogP contribution in [-0.4, -0.2) is 16.5 Å². The van der Waals surface area contributed by atoms with Crippen molar-refractivity contribution in [2.24, 2.45) is 5.73 Å². The summed E-state index contributed by atoms with van der Waals surface area (Å²) in [5, 5.41) is 3.41. The van der Waals surface area contributed by atoms with Gasteiger partial charge in [0.05, 0.1) is 6.26 Å². The van der Waals surface area contributed by atoms with E-state index in [9.17, 15) is 0 Å². The molecule has 0 radical (unpaired) electrons. The highest BCUT2D eigenvalue weighted by Crippen LogP contribution is 2.26. The first-order valence-electron chi connectivity index (χ1n) is 7.22. The van der Waals surface area contributed by atoms with Crippen molar-refractivity contribution in [3.05, 3.63) is 78.1 Å². The van der Waals surface area contributed by atoms with E-state index in [1.807, 2.05) is 36.4 Å². The minimum atomic E-state index is -0.100. The summed E-state index contributed by atoms with van der Waals surface area (Å²) >= 11 is 0. The van der Waals surface area contributed by atoms with Crippen LogP contribution in [0.25, 0.3) is 0 Å². The van der Waals surface area contributed by atoms with Gasteiger partial charge < -0.3 is 15.5 Å². The second-order valence-corrected chi connectivity index (χ2v) is 4.94. The summed E-state index contributed by atoms with van der Waals surface area (Å²) in [6.45, 7) is 0.566. The van der Waals surface area contributed by atoms with E-state index >= 15 is 0 Å². The van der Waals surface area contributed by atoms with E-state index in [4.69, 9.17) is 10.2 Å². The third-order valence-corrected chi connectivity index (χ3v) is 3.38. The van der Waals surface area contributed by atoms with Gasteiger partial charge in [0.1, 0.15) is 23.9 Å². The molecule has 0 amide bonds. The van der Waals surface area contributed by atoms with Crippen LogP contribution in [0.1, 0.15) is 23.1 Å². The molecule has 5 nitrogen and oxygen atoms in total. The molecule has 1 atom stereocenters. The largest absolute Gasteiger partial charge is 0.467 e. The van der Waals surface area contributed by atoms with Crippen molar-refractivity contribution in [2.45, 2.75) is 12.5 Å². The van der Waals surface area contributed by atoms with Crippen molar-refractivity contribution < 1.29 is 4.42 Å². The fourth-order valence-electron chi connectivity index (χ4n) is 2.33. The van der Waals surface area contributed by atoms with Crippen LogP contribution in [0.2, 0.25) is 0 Å². The fraction of sp³-hybridized carbons (Fsp3) is 0.176. The van der Waals surface area contributed by atoms with Crippen molar-refractivity contribution >= 4 is 5.82 Å². The van der Waals surface area contributed by atoms with E-state index in [1.54, 1.807) is 12.6 Å². The normalized spacial score (nSPS) is 12.0. The predicted octanol–water partition coefficient (Wildman–Crippen LogP) is 2.77. The van der Waals surface area contributed by atoms with Crippen molar-refractivity contribution in [1.29, 1.82) is 0 Å². The molecule has 3 aromatic rings. The molecule has 22 heavy (non-hydrogen) atoms. The third kappa shape index (κ3) is 3.32. The number of anilines is 1. The van der Waals surface area contributed by atoms with Gasteiger partial charge in [0.2, 0.25) is 0 Å². The number of hydrogen-bond acceptors (Lipinski definition) is 5. The first kappa shape index (κ1) is 14.3. The van der Waals surface area contributed by atoms with Crippen LogP contribution >= 0.6 is 0 Å². The maximum absolute atomic E-state index is 5.58. The molecule has 0 saturated carbocycles. The van der Waals surface area contributed by atoms with Crippen molar-refractivity contribution in [3.63, 3.8) is 0 Å². The van der Waals surface area contributed by atoms with Crippen LogP contribution in [0.5, 0.6) is 0 Å². The molecule has 0 aliphatic rings. The Kier molecular flexibility index (Phi) is 4.46.